The largest absolute Gasteiger partial charge is 0.511 e. The molecule has 0 radical (unpaired) electrons. The lowest BCUT2D eigenvalue weighted by atomic mass is 9.75. The molecule has 0 spiro atoms. The Morgan fingerprint density at radius 1 is 1.22 bits per heavy atom. The number of Topliss-reactive ketones (excluding diaryl/α,β-unsaturated/α-hetero) is 1. The monoisotopic (exact) mass is 313 g/mol. The van der Waals surface area contributed by atoms with Crippen molar-refractivity contribution >= 4 is 11.5 Å². The van der Waals surface area contributed by atoms with E-state index in [-0.39, 0.29) is 17.0 Å². The number of ketones is 1. The van der Waals surface area contributed by atoms with Crippen molar-refractivity contribution in [1.82, 2.24) is 0 Å². The Morgan fingerprint density at radius 2 is 1.91 bits per heavy atom. The summed E-state index contributed by atoms with van der Waals surface area (Å²) in [5.41, 5.74) is 2.14. The Kier molecular flexibility index (Phi) is 5.75. The van der Waals surface area contributed by atoms with Crippen LogP contribution in [0, 0.1) is 5.41 Å². The molecule has 1 aromatic carbocycles. The molecular weight excluding hydrogens is 286 g/mol. The number of hydrogen-bond donors (Lipinski definition) is 1. The van der Waals surface area contributed by atoms with Crippen molar-refractivity contribution in [2.75, 3.05) is 6.54 Å². The fraction of sp³-hybridized carbons (Fsp3) is 0.500. The molecule has 0 saturated heterocycles. The van der Waals surface area contributed by atoms with Crippen molar-refractivity contribution in [2.45, 2.75) is 52.9 Å². The van der Waals surface area contributed by atoms with E-state index in [0.29, 0.717) is 31.4 Å². The van der Waals surface area contributed by atoms with Crippen LogP contribution in [0.2, 0.25) is 0 Å². The molecule has 124 valence electrons. The van der Waals surface area contributed by atoms with Gasteiger partial charge in [-0.15, -0.1) is 0 Å². The average Bonchev–Trinajstić information content (AvgIpc) is 2.46. The third kappa shape index (κ3) is 4.78. The fourth-order valence-electron chi connectivity index (χ4n) is 3.00. The number of rotatable bonds is 6. The molecule has 2 rings (SSSR count). The summed E-state index contributed by atoms with van der Waals surface area (Å²) in [5, 5.41) is 10.5. The smallest absolute Gasteiger partial charge is 0.168 e. The lowest BCUT2D eigenvalue weighted by molar-refractivity contribution is -0.117. The lowest BCUT2D eigenvalue weighted by Gasteiger charge is -2.30. The highest BCUT2D eigenvalue weighted by Gasteiger charge is 2.34. The van der Waals surface area contributed by atoms with E-state index in [0.717, 1.165) is 24.1 Å². The zero-order chi connectivity index (χ0) is 16.9. The van der Waals surface area contributed by atoms with E-state index in [1.54, 1.807) is 0 Å². The van der Waals surface area contributed by atoms with Crippen LogP contribution < -0.4 is 0 Å². The van der Waals surface area contributed by atoms with Crippen LogP contribution in [-0.4, -0.2) is 23.1 Å². The van der Waals surface area contributed by atoms with Gasteiger partial charge >= 0.3 is 0 Å². The van der Waals surface area contributed by atoms with Gasteiger partial charge in [-0.2, -0.15) is 0 Å². The predicted molar refractivity (Wildman–Crippen MR) is 95.0 cm³/mol. The number of hydrogen-bond acceptors (Lipinski definition) is 3. The van der Waals surface area contributed by atoms with Crippen LogP contribution in [0.4, 0.5) is 0 Å². The minimum Gasteiger partial charge on any atom is -0.511 e. The van der Waals surface area contributed by atoms with Crippen LogP contribution in [-0.2, 0) is 11.2 Å². The normalized spacial score (nSPS) is 18.4. The van der Waals surface area contributed by atoms with E-state index in [1.807, 2.05) is 44.2 Å². The van der Waals surface area contributed by atoms with Gasteiger partial charge in [-0.3, -0.25) is 9.79 Å². The summed E-state index contributed by atoms with van der Waals surface area (Å²) in [6, 6.07) is 10.0. The zero-order valence-electron chi connectivity index (χ0n) is 14.4. The lowest BCUT2D eigenvalue weighted by Crippen LogP contribution is -2.30. The second-order valence-electron chi connectivity index (χ2n) is 7.11. The number of aliphatic hydroxyl groups is 1. The number of carbonyl (C=O) groups is 1. The van der Waals surface area contributed by atoms with Gasteiger partial charge in [-0.05, 0) is 17.4 Å². The molecule has 23 heavy (non-hydrogen) atoms. The van der Waals surface area contributed by atoms with Gasteiger partial charge < -0.3 is 5.11 Å². The second-order valence-corrected chi connectivity index (χ2v) is 7.11. The maximum atomic E-state index is 12.6. The van der Waals surface area contributed by atoms with Gasteiger partial charge in [-0.1, -0.05) is 57.5 Å². The van der Waals surface area contributed by atoms with Gasteiger partial charge in [0.25, 0.3) is 0 Å². The fourth-order valence-corrected chi connectivity index (χ4v) is 3.00. The summed E-state index contributed by atoms with van der Waals surface area (Å²) in [6.07, 6.45) is 3.65. The first kappa shape index (κ1) is 17.5. The van der Waals surface area contributed by atoms with Crippen LogP contribution in [0.25, 0.3) is 0 Å². The summed E-state index contributed by atoms with van der Waals surface area (Å²) >= 11 is 0. The predicted octanol–water partition coefficient (Wildman–Crippen LogP) is 4.67. The van der Waals surface area contributed by atoms with Crippen molar-refractivity contribution in [1.29, 1.82) is 0 Å². The van der Waals surface area contributed by atoms with Gasteiger partial charge in [-0.25, -0.2) is 0 Å². The van der Waals surface area contributed by atoms with E-state index < -0.39 is 0 Å². The summed E-state index contributed by atoms with van der Waals surface area (Å²) in [7, 11) is 0. The summed E-state index contributed by atoms with van der Waals surface area (Å²) in [6.45, 7) is 6.86. The van der Waals surface area contributed by atoms with Crippen LogP contribution >= 0.6 is 0 Å². The molecule has 0 heterocycles. The molecule has 1 aliphatic carbocycles. The van der Waals surface area contributed by atoms with Gasteiger partial charge in [0.2, 0.25) is 0 Å². The molecule has 0 aromatic heterocycles. The maximum absolute atomic E-state index is 12.6. The number of nitrogens with zero attached hydrogens (tertiary/aromatic N) is 1. The quantitative estimate of drug-likeness (QED) is 0.613. The first-order chi connectivity index (χ1) is 10.9. The van der Waals surface area contributed by atoms with Crippen molar-refractivity contribution in [3.63, 3.8) is 0 Å². The van der Waals surface area contributed by atoms with E-state index in [1.165, 1.54) is 0 Å². The van der Waals surface area contributed by atoms with E-state index >= 15 is 0 Å². The Labute approximate surface area is 139 Å². The number of allylic oxidation sites excluding steroid dienone is 2. The third-order valence-electron chi connectivity index (χ3n) is 4.17. The van der Waals surface area contributed by atoms with E-state index in [4.69, 9.17) is 0 Å². The summed E-state index contributed by atoms with van der Waals surface area (Å²) in [5.74, 6) is 0.224. The van der Waals surface area contributed by atoms with Crippen LogP contribution in [0.1, 0.15) is 52.0 Å². The minimum atomic E-state index is -0.175. The molecule has 0 saturated carbocycles. The second kappa shape index (κ2) is 7.58. The average molecular weight is 313 g/mol. The number of aliphatic hydroxyl groups excluding tert-OH is 1. The van der Waals surface area contributed by atoms with Crippen LogP contribution in [0.3, 0.4) is 0 Å². The number of unbranched alkanes of at least 4 members (excludes halogenated alkanes) is 1. The first-order valence-corrected chi connectivity index (χ1v) is 8.46. The molecule has 1 aromatic rings. The van der Waals surface area contributed by atoms with Gasteiger partial charge in [0, 0.05) is 25.8 Å². The molecule has 0 fully saturated rings. The topological polar surface area (TPSA) is 49.7 Å². The Bertz CT molecular complexity index is 612. The Hall–Kier alpha value is -1.90. The highest BCUT2D eigenvalue weighted by atomic mass is 16.3. The molecular formula is C20H27NO2. The highest BCUT2D eigenvalue weighted by molar-refractivity contribution is 6.23. The molecule has 1 aliphatic rings. The molecule has 0 unspecified atom stereocenters. The highest BCUT2D eigenvalue weighted by Crippen LogP contribution is 2.36. The summed E-state index contributed by atoms with van der Waals surface area (Å²) in [4.78, 5) is 17.2. The molecule has 0 aliphatic heterocycles. The third-order valence-corrected chi connectivity index (χ3v) is 4.17. The zero-order valence-corrected chi connectivity index (χ0v) is 14.4. The van der Waals surface area contributed by atoms with Crippen molar-refractivity contribution in [3.8, 4) is 0 Å². The van der Waals surface area contributed by atoms with Gasteiger partial charge in [0.05, 0.1) is 11.3 Å². The SMILES string of the molecule is CCCCN=C(Cc1ccccc1)C1=C(O)CC(C)(C)CC1=O. The Balaban J connectivity index is 2.33. The minimum absolute atomic E-state index is 0.0185. The molecule has 0 bridgehead atoms. The molecule has 1 N–H and O–H groups in total. The first-order valence-electron chi connectivity index (χ1n) is 8.46. The molecule has 0 amide bonds. The molecule has 3 heteroatoms. The number of carbonyl (C=O) groups excluding carboxylic acids is 1. The van der Waals surface area contributed by atoms with Crippen molar-refractivity contribution in [3.05, 3.63) is 47.2 Å². The van der Waals surface area contributed by atoms with Crippen LogP contribution in [0.15, 0.2) is 46.7 Å². The van der Waals surface area contributed by atoms with Crippen molar-refractivity contribution < 1.29 is 9.90 Å². The standard InChI is InChI=1S/C20H27NO2/c1-4-5-11-21-16(12-15-9-7-6-8-10-15)19-17(22)13-20(2,3)14-18(19)23/h6-10,22H,4-5,11-14H2,1-3H3. The van der Waals surface area contributed by atoms with Crippen LogP contribution in [0.5, 0.6) is 0 Å². The maximum Gasteiger partial charge on any atom is 0.168 e. The number of aliphatic imine (C=N–C) groups is 1. The van der Waals surface area contributed by atoms with Gasteiger partial charge in [0.1, 0.15) is 5.76 Å². The van der Waals surface area contributed by atoms with Gasteiger partial charge in [0.15, 0.2) is 5.78 Å². The number of benzene rings is 1. The molecule has 0 atom stereocenters. The van der Waals surface area contributed by atoms with E-state index in [2.05, 4.69) is 11.9 Å². The molecule has 3 nitrogen and oxygen atoms in total. The van der Waals surface area contributed by atoms with E-state index in [9.17, 15) is 9.90 Å². The summed E-state index contributed by atoms with van der Waals surface area (Å²) < 4.78 is 0. The Morgan fingerprint density at radius 3 is 2.52 bits per heavy atom. The van der Waals surface area contributed by atoms with Crippen molar-refractivity contribution in [2.24, 2.45) is 10.4 Å².